The van der Waals surface area contributed by atoms with Gasteiger partial charge in [-0.05, 0) is 37.9 Å². The van der Waals surface area contributed by atoms with Gasteiger partial charge in [0.2, 0.25) is 0 Å². The quantitative estimate of drug-likeness (QED) is 0.545. The van der Waals surface area contributed by atoms with Gasteiger partial charge in [0.25, 0.3) is 0 Å². The van der Waals surface area contributed by atoms with E-state index in [1.54, 1.807) is 0 Å². The molecule has 3 heteroatoms. The lowest BCUT2D eigenvalue weighted by molar-refractivity contribution is 0.277. The van der Waals surface area contributed by atoms with Crippen molar-refractivity contribution in [2.24, 2.45) is 5.73 Å². The van der Waals surface area contributed by atoms with Crippen LogP contribution in [0.2, 0.25) is 18.1 Å². The number of hydrogen-bond donors (Lipinski definition) is 1. The first kappa shape index (κ1) is 16.1. The van der Waals surface area contributed by atoms with Gasteiger partial charge in [-0.25, -0.2) is 0 Å². The molecule has 0 heterocycles. The predicted octanol–water partition coefficient (Wildman–Crippen LogP) is 3.92. The van der Waals surface area contributed by atoms with E-state index in [-0.39, 0.29) is 0 Å². The van der Waals surface area contributed by atoms with Crippen LogP contribution in [0.3, 0.4) is 0 Å². The van der Waals surface area contributed by atoms with Crippen LogP contribution in [0.15, 0.2) is 0 Å². The molecule has 16 heavy (non-hydrogen) atoms. The lowest BCUT2D eigenvalue weighted by Gasteiger charge is -2.36. The normalized spacial score (nSPS) is 15.2. The summed E-state index contributed by atoms with van der Waals surface area (Å²) in [7, 11) is -1.51. The summed E-state index contributed by atoms with van der Waals surface area (Å²) in [6, 6.07) is 0.348. The maximum atomic E-state index is 6.11. The Morgan fingerprint density at radius 2 is 1.69 bits per heavy atom. The molecule has 1 atom stereocenters. The van der Waals surface area contributed by atoms with Gasteiger partial charge in [0.05, 0.1) is 0 Å². The summed E-state index contributed by atoms with van der Waals surface area (Å²) in [6.07, 6.45) is 4.80. The molecule has 0 saturated carbocycles. The Hall–Kier alpha value is 0.137. The van der Waals surface area contributed by atoms with Gasteiger partial charge < -0.3 is 10.2 Å². The van der Waals surface area contributed by atoms with E-state index < -0.39 is 8.32 Å². The van der Waals surface area contributed by atoms with Crippen molar-refractivity contribution < 1.29 is 4.43 Å². The Labute approximate surface area is 103 Å². The van der Waals surface area contributed by atoms with Gasteiger partial charge in [-0.1, -0.05) is 33.6 Å². The minimum Gasteiger partial charge on any atom is -0.417 e. The molecule has 2 nitrogen and oxygen atoms in total. The van der Waals surface area contributed by atoms with Crippen molar-refractivity contribution in [2.45, 2.75) is 77.6 Å². The molecule has 2 N–H and O–H groups in total. The van der Waals surface area contributed by atoms with E-state index in [0.717, 1.165) is 13.0 Å². The summed E-state index contributed by atoms with van der Waals surface area (Å²) in [4.78, 5) is 0. The summed E-state index contributed by atoms with van der Waals surface area (Å²) < 4.78 is 6.11. The van der Waals surface area contributed by atoms with Crippen molar-refractivity contribution >= 4 is 8.32 Å². The maximum absolute atomic E-state index is 6.11. The monoisotopic (exact) mass is 245 g/mol. The van der Waals surface area contributed by atoms with Crippen LogP contribution in [0.25, 0.3) is 0 Å². The lowest BCUT2D eigenvalue weighted by Crippen LogP contribution is -2.40. The Morgan fingerprint density at radius 3 is 2.12 bits per heavy atom. The third-order valence-corrected chi connectivity index (χ3v) is 8.11. The third kappa shape index (κ3) is 6.66. The highest BCUT2D eigenvalue weighted by atomic mass is 28.4. The first-order valence-corrected chi connectivity index (χ1v) is 9.47. The molecule has 0 aliphatic heterocycles. The topological polar surface area (TPSA) is 35.2 Å². The van der Waals surface area contributed by atoms with Gasteiger partial charge >= 0.3 is 0 Å². The first-order valence-electron chi connectivity index (χ1n) is 6.56. The largest absolute Gasteiger partial charge is 0.417 e. The van der Waals surface area contributed by atoms with Crippen LogP contribution in [0.1, 0.15) is 53.4 Å². The number of nitrogens with two attached hydrogens (primary N) is 1. The zero-order chi connectivity index (χ0) is 12.8. The zero-order valence-electron chi connectivity index (χ0n) is 12.1. The van der Waals surface area contributed by atoms with Crippen LogP contribution in [0, 0.1) is 0 Å². The van der Waals surface area contributed by atoms with Crippen molar-refractivity contribution in [2.75, 3.05) is 6.61 Å². The Balaban J connectivity index is 3.59. The summed E-state index contributed by atoms with van der Waals surface area (Å²) in [5.41, 5.74) is 5.71. The van der Waals surface area contributed by atoms with Gasteiger partial charge in [0.1, 0.15) is 0 Å². The lowest BCUT2D eigenvalue weighted by atomic mass is 10.1. The highest BCUT2D eigenvalue weighted by molar-refractivity contribution is 6.74. The molecule has 0 aromatic carbocycles. The fourth-order valence-electron chi connectivity index (χ4n) is 1.29. The fraction of sp³-hybridized carbons (Fsp3) is 1.00. The Morgan fingerprint density at radius 1 is 1.12 bits per heavy atom. The molecule has 0 amide bonds. The summed E-state index contributed by atoms with van der Waals surface area (Å²) >= 11 is 0. The van der Waals surface area contributed by atoms with Crippen molar-refractivity contribution in [3.05, 3.63) is 0 Å². The van der Waals surface area contributed by atoms with E-state index in [4.69, 9.17) is 10.2 Å². The third-order valence-electron chi connectivity index (χ3n) is 3.57. The van der Waals surface area contributed by atoms with Crippen LogP contribution in [-0.2, 0) is 4.43 Å². The maximum Gasteiger partial charge on any atom is 0.191 e. The van der Waals surface area contributed by atoms with E-state index >= 15 is 0 Å². The second-order valence-electron chi connectivity index (χ2n) is 6.44. The first-order chi connectivity index (χ1) is 7.17. The number of rotatable bonds is 7. The zero-order valence-corrected chi connectivity index (χ0v) is 13.1. The van der Waals surface area contributed by atoms with Crippen molar-refractivity contribution in [3.63, 3.8) is 0 Å². The van der Waals surface area contributed by atoms with Crippen LogP contribution in [-0.4, -0.2) is 21.0 Å². The molecule has 0 fully saturated rings. The highest BCUT2D eigenvalue weighted by Crippen LogP contribution is 2.36. The molecule has 0 rings (SSSR count). The number of unbranched alkanes of at least 4 members (excludes halogenated alkanes) is 2. The second kappa shape index (κ2) is 6.77. The SMILES string of the molecule is CC(N)CCCCCO[Si](C)(C)C(C)(C)C. The number of hydrogen-bond acceptors (Lipinski definition) is 2. The van der Waals surface area contributed by atoms with E-state index in [1.807, 2.05) is 0 Å². The van der Waals surface area contributed by atoms with E-state index in [2.05, 4.69) is 40.8 Å². The van der Waals surface area contributed by atoms with Crippen LogP contribution in [0.5, 0.6) is 0 Å². The molecule has 1 unspecified atom stereocenters. The van der Waals surface area contributed by atoms with E-state index in [0.29, 0.717) is 11.1 Å². The molecule has 0 aliphatic carbocycles. The Bertz CT molecular complexity index is 185. The summed E-state index contributed by atoms with van der Waals surface area (Å²) in [5.74, 6) is 0. The molecule has 0 aromatic heterocycles. The minimum atomic E-state index is -1.51. The van der Waals surface area contributed by atoms with Crippen LogP contribution >= 0.6 is 0 Å². The average molecular weight is 245 g/mol. The molecule has 0 saturated heterocycles. The molecule has 98 valence electrons. The molecular weight excluding hydrogens is 214 g/mol. The van der Waals surface area contributed by atoms with Gasteiger partial charge in [-0.15, -0.1) is 0 Å². The van der Waals surface area contributed by atoms with Gasteiger partial charge in [0, 0.05) is 12.6 Å². The standard InChI is InChI=1S/C13H31NOSi/c1-12(14)10-8-7-9-11-15-16(5,6)13(2,3)4/h12H,7-11,14H2,1-6H3. The fourth-order valence-corrected chi connectivity index (χ4v) is 2.38. The Kier molecular flexibility index (Phi) is 6.83. The van der Waals surface area contributed by atoms with Gasteiger partial charge in [-0.3, -0.25) is 0 Å². The second-order valence-corrected chi connectivity index (χ2v) is 11.2. The van der Waals surface area contributed by atoms with Crippen LogP contribution < -0.4 is 5.73 Å². The van der Waals surface area contributed by atoms with Gasteiger partial charge in [-0.2, -0.15) is 0 Å². The molecule has 0 aliphatic rings. The predicted molar refractivity (Wildman–Crippen MR) is 75.3 cm³/mol. The van der Waals surface area contributed by atoms with E-state index in [1.165, 1.54) is 19.3 Å². The molecular formula is C13H31NOSi. The minimum absolute atomic E-state index is 0.332. The molecule has 0 bridgehead atoms. The summed E-state index contributed by atoms with van der Waals surface area (Å²) in [5, 5.41) is 0.332. The van der Waals surface area contributed by atoms with Crippen molar-refractivity contribution in [3.8, 4) is 0 Å². The molecule has 0 radical (unpaired) electrons. The summed E-state index contributed by atoms with van der Waals surface area (Å²) in [6.45, 7) is 14.5. The molecule has 0 aromatic rings. The van der Waals surface area contributed by atoms with Gasteiger partial charge in [0.15, 0.2) is 8.32 Å². The molecule has 0 spiro atoms. The highest BCUT2D eigenvalue weighted by Gasteiger charge is 2.36. The van der Waals surface area contributed by atoms with Crippen molar-refractivity contribution in [1.82, 2.24) is 0 Å². The average Bonchev–Trinajstić information content (AvgIpc) is 2.08. The van der Waals surface area contributed by atoms with Crippen molar-refractivity contribution in [1.29, 1.82) is 0 Å². The smallest absolute Gasteiger partial charge is 0.191 e. The van der Waals surface area contributed by atoms with Crippen LogP contribution in [0.4, 0.5) is 0 Å². The van der Waals surface area contributed by atoms with E-state index in [9.17, 15) is 0 Å².